The van der Waals surface area contributed by atoms with Crippen molar-refractivity contribution in [1.29, 1.82) is 0 Å². The van der Waals surface area contributed by atoms with Crippen LogP contribution in [0, 0.1) is 0 Å². The Balaban J connectivity index is 1.61. The summed E-state index contributed by atoms with van der Waals surface area (Å²) in [5.41, 5.74) is 1.07. The predicted molar refractivity (Wildman–Crippen MR) is 109 cm³/mol. The summed E-state index contributed by atoms with van der Waals surface area (Å²) in [4.78, 5) is 14.8. The molecule has 1 aliphatic rings. The lowest BCUT2D eigenvalue weighted by Gasteiger charge is -2.31. The Hall–Kier alpha value is -1.60. The van der Waals surface area contributed by atoms with Gasteiger partial charge in [-0.3, -0.25) is 9.69 Å². The van der Waals surface area contributed by atoms with Gasteiger partial charge in [0.1, 0.15) is 5.75 Å². The fourth-order valence-electron chi connectivity index (χ4n) is 2.93. The number of benzene rings is 2. The molecule has 27 heavy (non-hydrogen) atoms. The van der Waals surface area contributed by atoms with E-state index in [1.165, 1.54) is 0 Å². The topological polar surface area (TPSA) is 50.8 Å². The number of nitrogens with one attached hydrogen (secondary N) is 1. The molecule has 0 radical (unpaired) electrons. The largest absolute Gasteiger partial charge is 0.483 e. The Labute approximate surface area is 172 Å². The van der Waals surface area contributed by atoms with E-state index in [9.17, 15) is 4.79 Å². The van der Waals surface area contributed by atoms with Gasteiger partial charge >= 0.3 is 0 Å². The van der Waals surface area contributed by atoms with E-state index < -0.39 is 0 Å². The molecule has 1 saturated heterocycles. The highest BCUT2D eigenvalue weighted by atomic mass is 79.9. The third-order valence-corrected chi connectivity index (χ3v) is 5.19. The van der Waals surface area contributed by atoms with Crippen LogP contribution in [0.5, 0.6) is 5.75 Å². The van der Waals surface area contributed by atoms with Crippen LogP contribution < -0.4 is 10.1 Å². The average molecular weight is 454 g/mol. The minimum absolute atomic E-state index is 0.0628. The van der Waals surface area contributed by atoms with Crippen LogP contribution in [-0.2, 0) is 9.53 Å². The van der Waals surface area contributed by atoms with Gasteiger partial charge in [-0.25, -0.2) is 0 Å². The molecule has 2 aromatic carbocycles. The zero-order valence-corrected chi connectivity index (χ0v) is 17.2. The number of carbonyl (C=O) groups is 1. The van der Waals surface area contributed by atoms with E-state index in [4.69, 9.17) is 21.1 Å². The Morgan fingerprint density at radius 2 is 1.96 bits per heavy atom. The van der Waals surface area contributed by atoms with Crippen LogP contribution in [0.25, 0.3) is 0 Å². The zero-order valence-electron chi connectivity index (χ0n) is 14.9. The summed E-state index contributed by atoms with van der Waals surface area (Å²) < 4.78 is 11.8. The molecule has 0 unspecified atom stereocenters. The molecule has 0 bridgehead atoms. The summed E-state index contributed by atoms with van der Waals surface area (Å²) in [5, 5.41) is 3.70. The van der Waals surface area contributed by atoms with Crippen molar-refractivity contribution >= 4 is 33.4 Å². The lowest BCUT2D eigenvalue weighted by atomic mass is 10.1. The maximum atomic E-state index is 12.5. The van der Waals surface area contributed by atoms with Gasteiger partial charge in [0.05, 0.1) is 23.7 Å². The molecule has 1 aliphatic heterocycles. The molecule has 3 rings (SSSR count). The molecule has 0 spiro atoms. The summed E-state index contributed by atoms with van der Waals surface area (Å²) in [6, 6.07) is 15.1. The summed E-state index contributed by atoms with van der Waals surface area (Å²) in [7, 11) is 0. The van der Waals surface area contributed by atoms with Crippen LogP contribution in [0.2, 0.25) is 5.02 Å². The summed E-state index contributed by atoms with van der Waals surface area (Å²) in [5.74, 6) is 0.415. The summed E-state index contributed by atoms with van der Waals surface area (Å²) >= 11 is 9.32. The molecule has 1 amide bonds. The summed E-state index contributed by atoms with van der Waals surface area (Å²) in [6.45, 7) is 3.86. The number of halogens is 2. The van der Waals surface area contributed by atoms with E-state index in [1.54, 1.807) is 18.2 Å². The fraction of sp³-hybridized carbons (Fsp3) is 0.350. The molecule has 1 fully saturated rings. The highest BCUT2D eigenvalue weighted by Gasteiger charge is 2.20. The van der Waals surface area contributed by atoms with E-state index in [0.29, 0.717) is 10.8 Å². The quantitative estimate of drug-likeness (QED) is 0.695. The maximum absolute atomic E-state index is 12.5. The molecule has 144 valence electrons. The minimum Gasteiger partial charge on any atom is -0.483 e. The van der Waals surface area contributed by atoms with Crippen LogP contribution in [0.3, 0.4) is 0 Å². The van der Waals surface area contributed by atoms with Crippen molar-refractivity contribution in [2.45, 2.75) is 6.04 Å². The van der Waals surface area contributed by atoms with Gasteiger partial charge in [-0.15, -0.1) is 0 Å². The molecule has 7 heteroatoms. The molecule has 1 heterocycles. The molecular weight excluding hydrogens is 432 g/mol. The molecular formula is C20H22BrClN2O3. The third-order valence-electron chi connectivity index (χ3n) is 4.33. The maximum Gasteiger partial charge on any atom is 0.258 e. The SMILES string of the molecule is O=C(COc1ccc(Cl)cc1Br)N[C@@H](CN1CCOCC1)c1ccccc1. The monoisotopic (exact) mass is 452 g/mol. The number of amides is 1. The van der Waals surface area contributed by atoms with Crippen molar-refractivity contribution in [3.8, 4) is 5.75 Å². The molecule has 0 aliphatic carbocycles. The molecule has 1 N–H and O–H groups in total. The first-order valence-corrected chi connectivity index (χ1v) is 10.0. The van der Waals surface area contributed by atoms with Crippen molar-refractivity contribution in [2.24, 2.45) is 0 Å². The van der Waals surface area contributed by atoms with Crippen molar-refractivity contribution in [3.05, 3.63) is 63.6 Å². The highest BCUT2D eigenvalue weighted by Crippen LogP contribution is 2.27. The van der Waals surface area contributed by atoms with E-state index in [0.717, 1.165) is 42.9 Å². The Bertz CT molecular complexity index is 754. The first-order valence-electron chi connectivity index (χ1n) is 8.84. The number of nitrogens with zero attached hydrogens (tertiary/aromatic N) is 1. The second-order valence-corrected chi connectivity index (χ2v) is 7.60. The fourth-order valence-corrected chi connectivity index (χ4v) is 3.73. The standard InChI is InChI=1S/C20H22BrClN2O3/c21-17-12-16(22)6-7-19(17)27-14-20(25)23-18(15-4-2-1-3-5-15)13-24-8-10-26-11-9-24/h1-7,12,18H,8-11,13-14H2,(H,23,25)/t18-/m0/s1. The van der Waals surface area contributed by atoms with Gasteiger partial charge in [-0.05, 0) is 39.7 Å². The molecule has 5 nitrogen and oxygen atoms in total. The second-order valence-electron chi connectivity index (χ2n) is 6.31. The number of carbonyl (C=O) groups excluding carboxylic acids is 1. The number of morpholine rings is 1. The van der Waals surface area contributed by atoms with E-state index in [-0.39, 0.29) is 18.6 Å². The molecule has 1 atom stereocenters. The number of rotatable bonds is 7. The van der Waals surface area contributed by atoms with Gasteiger partial charge in [0.2, 0.25) is 0 Å². The van der Waals surface area contributed by atoms with Crippen molar-refractivity contribution < 1.29 is 14.3 Å². The predicted octanol–water partition coefficient (Wildman–Crippen LogP) is 3.67. The van der Waals surface area contributed by atoms with Gasteiger partial charge in [-0.2, -0.15) is 0 Å². The number of hydrogen-bond donors (Lipinski definition) is 1. The first-order chi connectivity index (χ1) is 13.1. The Morgan fingerprint density at radius 3 is 2.67 bits per heavy atom. The van der Waals surface area contributed by atoms with Crippen molar-refractivity contribution in [1.82, 2.24) is 10.2 Å². The van der Waals surface area contributed by atoms with Crippen LogP contribution in [-0.4, -0.2) is 50.3 Å². The Morgan fingerprint density at radius 1 is 1.22 bits per heavy atom. The van der Waals surface area contributed by atoms with Gasteiger partial charge in [-0.1, -0.05) is 41.9 Å². The van der Waals surface area contributed by atoms with E-state index in [2.05, 4.69) is 26.1 Å². The zero-order chi connectivity index (χ0) is 19.1. The normalized spacial score (nSPS) is 15.9. The van der Waals surface area contributed by atoms with Gasteiger partial charge in [0, 0.05) is 24.7 Å². The molecule has 2 aromatic rings. The lowest BCUT2D eigenvalue weighted by Crippen LogP contribution is -2.44. The number of ether oxygens (including phenoxy) is 2. The van der Waals surface area contributed by atoms with Gasteiger partial charge in [0.15, 0.2) is 6.61 Å². The average Bonchev–Trinajstić information content (AvgIpc) is 2.68. The van der Waals surface area contributed by atoms with Crippen LogP contribution >= 0.6 is 27.5 Å². The first kappa shape index (κ1) is 20.1. The number of hydrogen-bond acceptors (Lipinski definition) is 4. The van der Waals surface area contributed by atoms with Crippen LogP contribution in [0.15, 0.2) is 53.0 Å². The van der Waals surface area contributed by atoms with E-state index >= 15 is 0 Å². The second kappa shape index (κ2) is 10.1. The molecule has 0 saturated carbocycles. The lowest BCUT2D eigenvalue weighted by molar-refractivity contribution is -0.124. The van der Waals surface area contributed by atoms with Gasteiger partial charge < -0.3 is 14.8 Å². The van der Waals surface area contributed by atoms with E-state index in [1.807, 2.05) is 30.3 Å². The third kappa shape index (κ3) is 6.21. The van der Waals surface area contributed by atoms with Crippen LogP contribution in [0.4, 0.5) is 0 Å². The Kier molecular flexibility index (Phi) is 7.52. The smallest absolute Gasteiger partial charge is 0.258 e. The molecule has 0 aromatic heterocycles. The highest BCUT2D eigenvalue weighted by molar-refractivity contribution is 9.10. The van der Waals surface area contributed by atoms with Crippen molar-refractivity contribution in [3.63, 3.8) is 0 Å². The van der Waals surface area contributed by atoms with Crippen molar-refractivity contribution in [2.75, 3.05) is 39.5 Å². The van der Waals surface area contributed by atoms with Crippen LogP contribution in [0.1, 0.15) is 11.6 Å². The summed E-state index contributed by atoms with van der Waals surface area (Å²) in [6.07, 6.45) is 0. The minimum atomic E-state index is -0.168. The van der Waals surface area contributed by atoms with Gasteiger partial charge in [0.25, 0.3) is 5.91 Å².